The molecule has 2 nitrogen and oxygen atoms in total. The van der Waals surface area contributed by atoms with Crippen molar-refractivity contribution < 1.29 is 0 Å². The predicted molar refractivity (Wildman–Crippen MR) is 86.3 cm³/mol. The highest BCUT2D eigenvalue weighted by atomic mass is 35.5. The summed E-state index contributed by atoms with van der Waals surface area (Å²) in [7, 11) is 0. The molecule has 20 heavy (non-hydrogen) atoms. The summed E-state index contributed by atoms with van der Waals surface area (Å²) in [4.78, 5) is 4.39. The standard InChI is InChI=1S/C17H21ClN2/c1-11-8-12(2)10-13(9-11)20-16-6-5-15(18)17-14(16)4-3-7-19-17/h3-7,11-13,20H,8-10H2,1-2H3. The molecule has 0 amide bonds. The van der Waals surface area contributed by atoms with Crippen LogP contribution >= 0.6 is 11.6 Å². The van der Waals surface area contributed by atoms with Crippen molar-refractivity contribution in [1.82, 2.24) is 4.98 Å². The molecule has 0 aliphatic heterocycles. The number of pyridine rings is 1. The highest BCUT2D eigenvalue weighted by Crippen LogP contribution is 2.33. The van der Waals surface area contributed by atoms with Crippen LogP contribution in [0.5, 0.6) is 0 Å². The third-order valence-electron chi connectivity index (χ3n) is 4.26. The highest BCUT2D eigenvalue weighted by Gasteiger charge is 2.24. The van der Waals surface area contributed by atoms with Gasteiger partial charge < -0.3 is 5.32 Å². The van der Waals surface area contributed by atoms with Crippen molar-refractivity contribution in [1.29, 1.82) is 0 Å². The van der Waals surface area contributed by atoms with Gasteiger partial charge in [-0.1, -0.05) is 25.4 Å². The zero-order valence-corrected chi connectivity index (χ0v) is 12.8. The van der Waals surface area contributed by atoms with Crippen LogP contribution in [0.25, 0.3) is 10.9 Å². The molecule has 106 valence electrons. The fraction of sp³-hybridized carbons (Fsp3) is 0.471. The lowest BCUT2D eigenvalue weighted by Gasteiger charge is -2.32. The van der Waals surface area contributed by atoms with Gasteiger partial charge in [-0.05, 0) is 55.4 Å². The minimum absolute atomic E-state index is 0.554. The quantitative estimate of drug-likeness (QED) is 0.829. The topological polar surface area (TPSA) is 24.9 Å². The SMILES string of the molecule is CC1CC(C)CC(Nc2ccc(Cl)c3ncccc23)C1. The lowest BCUT2D eigenvalue weighted by Crippen LogP contribution is -2.30. The minimum atomic E-state index is 0.554. The van der Waals surface area contributed by atoms with E-state index in [-0.39, 0.29) is 0 Å². The van der Waals surface area contributed by atoms with E-state index in [9.17, 15) is 0 Å². The van der Waals surface area contributed by atoms with Crippen molar-refractivity contribution in [2.24, 2.45) is 11.8 Å². The first-order valence-corrected chi connectivity index (χ1v) is 7.81. The average Bonchev–Trinajstić information content (AvgIpc) is 2.41. The molecule has 1 aromatic heterocycles. The fourth-order valence-corrected chi connectivity index (χ4v) is 3.76. The summed E-state index contributed by atoms with van der Waals surface area (Å²) < 4.78 is 0. The summed E-state index contributed by atoms with van der Waals surface area (Å²) in [6.45, 7) is 4.71. The second kappa shape index (κ2) is 5.61. The normalized spacial score (nSPS) is 26.6. The summed E-state index contributed by atoms with van der Waals surface area (Å²) in [5.41, 5.74) is 2.04. The molecule has 1 aliphatic carbocycles. The molecule has 3 heteroatoms. The molecular weight excluding hydrogens is 268 g/mol. The van der Waals surface area contributed by atoms with Gasteiger partial charge in [0.2, 0.25) is 0 Å². The van der Waals surface area contributed by atoms with Crippen LogP contribution < -0.4 is 5.32 Å². The first-order valence-electron chi connectivity index (χ1n) is 7.43. The van der Waals surface area contributed by atoms with Gasteiger partial charge in [0.15, 0.2) is 0 Å². The number of nitrogens with zero attached hydrogens (tertiary/aromatic N) is 1. The van der Waals surface area contributed by atoms with Gasteiger partial charge in [0.1, 0.15) is 0 Å². The predicted octanol–water partition coefficient (Wildman–Crippen LogP) is 5.12. The first kappa shape index (κ1) is 13.7. The number of benzene rings is 1. The number of anilines is 1. The van der Waals surface area contributed by atoms with Crippen LogP contribution in [0.3, 0.4) is 0 Å². The third kappa shape index (κ3) is 2.76. The number of hydrogen-bond donors (Lipinski definition) is 1. The summed E-state index contributed by atoms with van der Waals surface area (Å²) in [5.74, 6) is 1.60. The van der Waals surface area contributed by atoms with Gasteiger partial charge in [-0.25, -0.2) is 0 Å². The molecule has 2 aromatic rings. The summed E-state index contributed by atoms with van der Waals surface area (Å²) in [5, 5.41) is 5.55. The Morgan fingerprint density at radius 3 is 2.60 bits per heavy atom. The molecule has 0 saturated heterocycles. The Hall–Kier alpha value is -1.28. The average molecular weight is 289 g/mol. The Morgan fingerprint density at radius 2 is 1.85 bits per heavy atom. The van der Waals surface area contributed by atoms with E-state index in [0.29, 0.717) is 6.04 Å². The van der Waals surface area contributed by atoms with Crippen LogP contribution in [0.4, 0.5) is 5.69 Å². The Balaban J connectivity index is 1.89. The molecule has 2 atom stereocenters. The zero-order chi connectivity index (χ0) is 14.1. The van der Waals surface area contributed by atoms with Crippen LogP contribution in [-0.4, -0.2) is 11.0 Å². The number of nitrogens with one attached hydrogen (secondary N) is 1. The smallest absolute Gasteiger partial charge is 0.0908 e. The third-order valence-corrected chi connectivity index (χ3v) is 4.56. The lowest BCUT2D eigenvalue weighted by atomic mass is 9.80. The highest BCUT2D eigenvalue weighted by molar-refractivity contribution is 6.35. The molecule has 2 unspecified atom stereocenters. The molecule has 1 N–H and O–H groups in total. The van der Waals surface area contributed by atoms with Crippen LogP contribution in [0.15, 0.2) is 30.5 Å². The maximum absolute atomic E-state index is 6.23. The van der Waals surface area contributed by atoms with E-state index in [2.05, 4.69) is 36.3 Å². The zero-order valence-electron chi connectivity index (χ0n) is 12.1. The van der Waals surface area contributed by atoms with E-state index in [1.54, 1.807) is 6.20 Å². The van der Waals surface area contributed by atoms with E-state index in [1.165, 1.54) is 19.3 Å². The van der Waals surface area contributed by atoms with Crippen molar-refractivity contribution in [3.63, 3.8) is 0 Å². The first-order chi connectivity index (χ1) is 9.63. The molecule has 3 rings (SSSR count). The monoisotopic (exact) mass is 288 g/mol. The van der Waals surface area contributed by atoms with Crippen molar-refractivity contribution in [2.75, 3.05) is 5.32 Å². The Bertz CT molecular complexity index is 601. The Morgan fingerprint density at radius 1 is 1.10 bits per heavy atom. The number of halogens is 1. The number of fused-ring (bicyclic) bond motifs is 1. The molecule has 1 fully saturated rings. The van der Waals surface area contributed by atoms with Crippen molar-refractivity contribution >= 4 is 28.2 Å². The molecule has 0 spiro atoms. The minimum Gasteiger partial charge on any atom is -0.382 e. The molecule has 1 aliphatic rings. The van der Waals surface area contributed by atoms with Crippen molar-refractivity contribution in [2.45, 2.75) is 39.2 Å². The maximum Gasteiger partial charge on any atom is 0.0908 e. The second-order valence-electron chi connectivity index (χ2n) is 6.25. The fourth-order valence-electron chi connectivity index (χ4n) is 3.55. The molecule has 1 saturated carbocycles. The number of hydrogen-bond acceptors (Lipinski definition) is 2. The molecule has 1 aromatic carbocycles. The van der Waals surface area contributed by atoms with Crippen LogP contribution in [0.1, 0.15) is 33.1 Å². The Kier molecular flexibility index (Phi) is 3.84. The van der Waals surface area contributed by atoms with E-state index in [1.807, 2.05) is 12.1 Å². The maximum atomic E-state index is 6.23. The van der Waals surface area contributed by atoms with Crippen LogP contribution in [-0.2, 0) is 0 Å². The lowest BCUT2D eigenvalue weighted by molar-refractivity contribution is 0.281. The van der Waals surface area contributed by atoms with Gasteiger partial charge in [0.25, 0.3) is 0 Å². The molecular formula is C17H21ClN2. The van der Waals surface area contributed by atoms with E-state index >= 15 is 0 Å². The van der Waals surface area contributed by atoms with E-state index in [0.717, 1.165) is 33.4 Å². The van der Waals surface area contributed by atoms with Gasteiger partial charge in [0.05, 0.1) is 10.5 Å². The summed E-state index contributed by atoms with van der Waals surface area (Å²) in [6, 6.07) is 8.63. The van der Waals surface area contributed by atoms with Gasteiger partial charge in [-0.2, -0.15) is 0 Å². The van der Waals surface area contributed by atoms with Crippen molar-refractivity contribution in [3.8, 4) is 0 Å². The second-order valence-corrected chi connectivity index (χ2v) is 6.66. The van der Waals surface area contributed by atoms with E-state index < -0.39 is 0 Å². The molecule has 0 radical (unpaired) electrons. The van der Waals surface area contributed by atoms with Gasteiger partial charge in [-0.15, -0.1) is 0 Å². The Labute approximate surface area is 125 Å². The van der Waals surface area contributed by atoms with Crippen molar-refractivity contribution in [3.05, 3.63) is 35.5 Å². The summed E-state index contributed by atoms with van der Waals surface area (Å²) in [6.07, 6.45) is 5.63. The van der Waals surface area contributed by atoms with E-state index in [4.69, 9.17) is 11.6 Å². The van der Waals surface area contributed by atoms with Gasteiger partial charge >= 0.3 is 0 Å². The van der Waals surface area contributed by atoms with Gasteiger partial charge in [-0.3, -0.25) is 4.98 Å². The van der Waals surface area contributed by atoms with Crippen LogP contribution in [0, 0.1) is 11.8 Å². The number of rotatable bonds is 2. The largest absolute Gasteiger partial charge is 0.382 e. The molecule has 1 heterocycles. The van der Waals surface area contributed by atoms with Crippen LogP contribution in [0.2, 0.25) is 5.02 Å². The summed E-state index contributed by atoms with van der Waals surface area (Å²) >= 11 is 6.23. The number of aromatic nitrogens is 1. The molecule has 0 bridgehead atoms. The van der Waals surface area contributed by atoms with Gasteiger partial charge in [0, 0.05) is 23.3 Å².